The Morgan fingerprint density at radius 2 is 1.81 bits per heavy atom. The summed E-state index contributed by atoms with van der Waals surface area (Å²) in [5, 5.41) is 14.2. The van der Waals surface area contributed by atoms with Crippen molar-refractivity contribution >= 4 is 17.1 Å². The average molecular weight is 291 g/mol. The highest BCUT2D eigenvalue weighted by Crippen LogP contribution is 2.46. The van der Waals surface area contributed by atoms with Crippen LogP contribution in [0.3, 0.4) is 0 Å². The molecule has 3 N–H and O–H groups in total. The van der Waals surface area contributed by atoms with E-state index in [1.54, 1.807) is 6.07 Å². The van der Waals surface area contributed by atoms with Gasteiger partial charge in [-0.1, -0.05) is 27.7 Å². The van der Waals surface area contributed by atoms with E-state index in [2.05, 4.69) is 33.0 Å². The van der Waals surface area contributed by atoms with Crippen LogP contribution in [-0.2, 0) is 0 Å². The summed E-state index contributed by atoms with van der Waals surface area (Å²) in [5.41, 5.74) is 7.77. The molecular weight excluding hydrogens is 266 g/mol. The van der Waals surface area contributed by atoms with Gasteiger partial charge in [-0.3, -0.25) is 10.1 Å². The Hall–Kier alpha value is -1.78. The van der Waals surface area contributed by atoms with Crippen LogP contribution in [0.25, 0.3) is 0 Å². The van der Waals surface area contributed by atoms with Crippen LogP contribution in [0.15, 0.2) is 18.2 Å². The minimum absolute atomic E-state index is 0.0300. The van der Waals surface area contributed by atoms with E-state index >= 15 is 0 Å². The summed E-state index contributed by atoms with van der Waals surface area (Å²) in [7, 11) is 0. The molecule has 0 atom stereocenters. The van der Waals surface area contributed by atoms with Crippen molar-refractivity contribution in [1.82, 2.24) is 0 Å². The van der Waals surface area contributed by atoms with E-state index < -0.39 is 4.92 Å². The fraction of sp³-hybridized carbons (Fsp3) is 0.625. The quantitative estimate of drug-likeness (QED) is 0.497. The lowest BCUT2D eigenvalue weighted by Crippen LogP contribution is -2.40. The number of nitrogens with one attached hydrogen (secondary N) is 1. The third-order valence-electron chi connectivity index (χ3n) is 4.16. The van der Waals surface area contributed by atoms with E-state index in [9.17, 15) is 10.1 Å². The van der Waals surface area contributed by atoms with Crippen molar-refractivity contribution in [1.29, 1.82) is 0 Å². The van der Waals surface area contributed by atoms with Crippen LogP contribution in [0.5, 0.6) is 0 Å². The first-order valence-corrected chi connectivity index (χ1v) is 7.38. The zero-order chi connectivity index (χ0) is 15.8. The molecule has 0 radical (unpaired) electrons. The number of hydrogen-bond donors (Lipinski definition) is 2. The molecule has 0 heterocycles. The second-order valence-corrected chi connectivity index (χ2v) is 7.78. The summed E-state index contributed by atoms with van der Waals surface area (Å²) in [6.45, 7) is 9.17. The van der Waals surface area contributed by atoms with Crippen molar-refractivity contribution in [3.8, 4) is 0 Å². The van der Waals surface area contributed by atoms with Gasteiger partial charge in [0.1, 0.15) is 0 Å². The molecule has 0 saturated heterocycles. The number of nitrogens with zero attached hydrogens (tertiary/aromatic N) is 1. The third kappa shape index (κ3) is 3.86. The van der Waals surface area contributed by atoms with Crippen molar-refractivity contribution in [2.45, 2.75) is 53.0 Å². The van der Waals surface area contributed by atoms with Gasteiger partial charge in [-0.05, 0) is 36.2 Å². The lowest BCUT2D eigenvalue weighted by Gasteiger charge is -2.45. The van der Waals surface area contributed by atoms with Gasteiger partial charge in [-0.2, -0.15) is 0 Å². The summed E-state index contributed by atoms with van der Waals surface area (Å²) in [5.74, 6) is 0. The van der Waals surface area contributed by atoms with Crippen LogP contribution in [0.2, 0.25) is 0 Å². The predicted molar refractivity (Wildman–Crippen MR) is 86.3 cm³/mol. The molecule has 1 aliphatic carbocycles. The number of nitro groups is 1. The van der Waals surface area contributed by atoms with E-state index in [0.29, 0.717) is 11.7 Å². The number of nitro benzene ring substituents is 1. The Morgan fingerprint density at radius 1 is 1.24 bits per heavy atom. The Morgan fingerprint density at radius 3 is 2.29 bits per heavy atom. The standard InChI is InChI=1S/C16H25N3O2/c1-15(2)8-11(9-16(3,4)10-15)18-14-6-5-12(19(20)21)7-13(14)17/h5-7,11,18H,8-10,17H2,1-4H3. The van der Waals surface area contributed by atoms with Crippen LogP contribution >= 0.6 is 0 Å². The second kappa shape index (κ2) is 5.20. The number of anilines is 2. The van der Waals surface area contributed by atoms with Gasteiger partial charge in [0.05, 0.1) is 16.3 Å². The first kappa shape index (κ1) is 15.6. The minimum Gasteiger partial charge on any atom is -0.397 e. The van der Waals surface area contributed by atoms with Gasteiger partial charge >= 0.3 is 0 Å². The first-order chi connectivity index (χ1) is 9.58. The molecule has 5 heteroatoms. The van der Waals surface area contributed by atoms with Gasteiger partial charge in [-0.25, -0.2) is 0 Å². The van der Waals surface area contributed by atoms with E-state index in [0.717, 1.165) is 18.5 Å². The second-order valence-electron chi connectivity index (χ2n) is 7.78. The summed E-state index contributed by atoms with van der Waals surface area (Å²) >= 11 is 0. The molecule has 1 saturated carbocycles. The van der Waals surface area contributed by atoms with E-state index in [-0.39, 0.29) is 16.5 Å². The third-order valence-corrected chi connectivity index (χ3v) is 4.16. The molecule has 1 aromatic carbocycles. The summed E-state index contributed by atoms with van der Waals surface area (Å²) in [6.07, 6.45) is 3.35. The topological polar surface area (TPSA) is 81.2 Å². The smallest absolute Gasteiger partial charge is 0.271 e. The zero-order valence-corrected chi connectivity index (χ0v) is 13.3. The lowest BCUT2D eigenvalue weighted by atomic mass is 9.63. The van der Waals surface area contributed by atoms with E-state index in [1.807, 2.05) is 0 Å². The van der Waals surface area contributed by atoms with Gasteiger partial charge in [-0.15, -0.1) is 0 Å². The van der Waals surface area contributed by atoms with Gasteiger partial charge in [0.15, 0.2) is 0 Å². The lowest BCUT2D eigenvalue weighted by molar-refractivity contribution is -0.384. The Balaban J connectivity index is 2.16. The van der Waals surface area contributed by atoms with Crippen LogP contribution in [0.1, 0.15) is 47.0 Å². The van der Waals surface area contributed by atoms with Gasteiger partial charge in [0.2, 0.25) is 0 Å². The molecular formula is C16H25N3O2. The predicted octanol–water partition coefficient (Wildman–Crippen LogP) is 4.19. The molecule has 1 aromatic rings. The minimum atomic E-state index is -0.424. The first-order valence-electron chi connectivity index (χ1n) is 7.38. The highest BCUT2D eigenvalue weighted by molar-refractivity contribution is 5.69. The van der Waals surface area contributed by atoms with Crippen molar-refractivity contribution in [3.63, 3.8) is 0 Å². The molecule has 2 rings (SSSR count). The zero-order valence-electron chi connectivity index (χ0n) is 13.3. The molecule has 21 heavy (non-hydrogen) atoms. The fourth-order valence-corrected chi connectivity index (χ4v) is 3.96. The monoisotopic (exact) mass is 291 g/mol. The fourth-order valence-electron chi connectivity index (χ4n) is 3.96. The van der Waals surface area contributed by atoms with Gasteiger partial charge in [0.25, 0.3) is 5.69 Å². The molecule has 0 spiro atoms. The molecule has 0 amide bonds. The largest absolute Gasteiger partial charge is 0.397 e. The van der Waals surface area contributed by atoms with Crippen molar-refractivity contribution in [2.75, 3.05) is 11.1 Å². The summed E-state index contributed by atoms with van der Waals surface area (Å²) < 4.78 is 0. The van der Waals surface area contributed by atoms with Crippen LogP contribution in [-0.4, -0.2) is 11.0 Å². The molecule has 0 unspecified atom stereocenters. The Bertz CT molecular complexity index is 536. The molecule has 5 nitrogen and oxygen atoms in total. The molecule has 0 bridgehead atoms. The summed E-state index contributed by atoms with van der Waals surface area (Å²) in [4.78, 5) is 10.3. The average Bonchev–Trinajstić information content (AvgIpc) is 2.27. The summed E-state index contributed by atoms with van der Waals surface area (Å²) in [6, 6.07) is 4.97. The molecule has 0 aromatic heterocycles. The normalized spacial score (nSPS) is 21.0. The number of nitrogen functional groups attached to an aromatic ring is 1. The van der Waals surface area contributed by atoms with E-state index in [1.165, 1.54) is 18.6 Å². The van der Waals surface area contributed by atoms with Crippen molar-refractivity contribution < 1.29 is 4.92 Å². The maximum atomic E-state index is 10.8. The number of benzene rings is 1. The molecule has 1 fully saturated rings. The highest BCUT2D eigenvalue weighted by atomic mass is 16.6. The number of rotatable bonds is 3. The molecule has 116 valence electrons. The van der Waals surface area contributed by atoms with Crippen molar-refractivity contribution in [2.24, 2.45) is 10.8 Å². The van der Waals surface area contributed by atoms with Crippen LogP contribution in [0.4, 0.5) is 17.1 Å². The van der Waals surface area contributed by atoms with Crippen molar-refractivity contribution in [3.05, 3.63) is 28.3 Å². The maximum absolute atomic E-state index is 10.8. The number of hydrogen-bond acceptors (Lipinski definition) is 4. The molecule has 0 aliphatic heterocycles. The Labute approximate surface area is 126 Å². The maximum Gasteiger partial charge on any atom is 0.271 e. The Kier molecular flexibility index (Phi) is 3.87. The highest BCUT2D eigenvalue weighted by Gasteiger charge is 2.38. The van der Waals surface area contributed by atoms with Gasteiger partial charge in [0, 0.05) is 18.2 Å². The van der Waals surface area contributed by atoms with Crippen LogP contribution in [0, 0.1) is 20.9 Å². The molecule has 1 aliphatic rings. The number of non-ortho nitro benzene ring substituents is 1. The SMILES string of the molecule is CC1(C)CC(Nc2ccc([N+](=O)[O-])cc2N)CC(C)(C)C1. The van der Waals surface area contributed by atoms with Crippen LogP contribution < -0.4 is 11.1 Å². The number of nitrogens with two attached hydrogens (primary N) is 1. The van der Waals surface area contributed by atoms with E-state index in [4.69, 9.17) is 5.73 Å². The van der Waals surface area contributed by atoms with Gasteiger partial charge < -0.3 is 11.1 Å².